The van der Waals surface area contributed by atoms with Gasteiger partial charge >= 0.3 is 0 Å². The number of rotatable bonds is 5. The molecule has 0 unspecified atom stereocenters. The Balaban J connectivity index is 2.23. The van der Waals surface area contributed by atoms with E-state index in [2.05, 4.69) is 45.0 Å². The molecule has 0 atom stereocenters. The lowest BCUT2D eigenvalue weighted by Gasteiger charge is -2.06. The Morgan fingerprint density at radius 2 is 2.00 bits per heavy atom. The van der Waals surface area contributed by atoms with E-state index < -0.39 is 0 Å². The fraction of sp³-hybridized carbons (Fsp3) is 0.250. The Hall–Kier alpha value is -0.980. The zero-order valence-electron chi connectivity index (χ0n) is 12.0. The van der Waals surface area contributed by atoms with Gasteiger partial charge in [0, 0.05) is 20.7 Å². The Morgan fingerprint density at radius 3 is 2.68 bits per heavy atom. The van der Waals surface area contributed by atoms with Gasteiger partial charge in [-0.3, -0.25) is 4.39 Å². The van der Waals surface area contributed by atoms with Crippen molar-refractivity contribution in [3.05, 3.63) is 39.9 Å². The lowest BCUT2D eigenvalue weighted by Crippen LogP contribution is -1.89. The summed E-state index contributed by atoms with van der Waals surface area (Å²) in [6.45, 7) is 1.80. The highest BCUT2D eigenvalue weighted by atomic mass is 79.9. The maximum absolute atomic E-state index is 12.6. The summed E-state index contributed by atoms with van der Waals surface area (Å²) in [6.07, 6.45) is 2.52. The average molecular weight is 397 g/mol. The second kappa shape index (κ2) is 7.06. The van der Waals surface area contributed by atoms with Gasteiger partial charge in [-0.1, -0.05) is 35.0 Å². The van der Waals surface area contributed by atoms with E-state index in [1.54, 1.807) is 17.7 Å². The molecule has 0 bridgehead atoms. The number of benzene rings is 1. The third-order valence-electron chi connectivity index (χ3n) is 3.30. The largest absolute Gasteiger partial charge is 0.250 e. The van der Waals surface area contributed by atoms with E-state index in [9.17, 15) is 4.39 Å². The average Bonchev–Trinajstić information content (AvgIpc) is 2.93. The maximum Gasteiger partial charge on any atom is 0.128 e. The first kappa shape index (κ1) is 15.9. The number of thioether (sulfide) groups is 1. The van der Waals surface area contributed by atoms with Crippen molar-refractivity contribution in [1.29, 1.82) is 0 Å². The predicted octanol–water partition coefficient (Wildman–Crippen LogP) is 5.74. The Bertz CT molecular complexity index is 787. The molecule has 2 heterocycles. The molecule has 0 fully saturated rings. The van der Waals surface area contributed by atoms with E-state index in [1.807, 2.05) is 12.1 Å². The van der Waals surface area contributed by atoms with E-state index in [4.69, 9.17) is 0 Å². The van der Waals surface area contributed by atoms with Crippen LogP contribution >= 0.6 is 39.0 Å². The molecule has 0 aliphatic heterocycles. The number of aromatic nitrogens is 2. The van der Waals surface area contributed by atoms with Gasteiger partial charge in [0.25, 0.3) is 0 Å². The third kappa shape index (κ3) is 3.05. The molecule has 22 heavy (non-hydrogen) atoms. The summed E-state index contributed by atoms with van der Waals surface area (Å²) in [4.78, 5) is 11.1. The van der Waals surface area contributed by atoms with Gasteiger partial charge in [-0.2, -0.15) is 0 Å². The number of aryl methyl sites for hydroxylation is 1. The Morgan fingerprint density at radius 1 is 1.23 bits per heavy atom. The van der Waals surface area contributed by atoms with Crippen LogP contribution in [0.3, 0.4) is 0 Å². The van der Waals surface area contributed by atoms with E-state index >= 15 is 0 Å². The van der Waals surface area contributed by atoms with Crippen LogP contribution in [0.5, 0.6) is 0 Å². The second-order valence-electron chi connectivity index (χ2n) is 4.66. The molecule has 0 spiro atoms. The lowest BCUT2D eigenvalue weighted by molar-refractivity contribution is 0.532. The zero-order valence-corrected chi connectivity index (χ0v) is 15.2. The minimum Gasteiger partial charge on any atom is -0.250 e. The molecule has 0 aliphatic rings. The molecule has 3 rings (SSSR count). The molecule has 3 aromatic rings. The SMILES string of the molecule is CCc1sc2ncnc(SCCF)c2c1-c1ccc(Br)cc1. The van der Waals surface area contributed by atoms with Crippen molar-refractivity contribution in [2.75, 3.05) is 12.4 Å². The summed E-state index contributed by atoms with van der Waals surface area (Å²) in [6, 6.07) is 8.27. The van der Waals surface area contributed by atoms with Crippen LogP contribution in [0.2, 0.25) is 0 Å². The number of fused-ring (bicyclic) bond motifs is 1. The fourth-order valence-electron chi connectivity index (χ4n) is 2.37. The standard InChI is InChI=1S/C16H14BrFN2S2/c1-2-12-13(10-3-5-11(17)6-4-10)14-15(21-8-7-18)19-9-20-16(14)22-12/h3-6,9H,2,7-8H2,1H3. The molecule has 2 nitrogen and oxygen atoms in total. The minimum absolute atomic E-state index is 0.353. The first-order chi connectivity index (χ1) is 10.7. The summed E-state index contributed by atoms with van der Waals surface area (Å²) < 4.78 is 13.6. The molecule has 2 aromatic heterocycles. The number of alkyl halides is 1. The first-order valence-electron chi connectivity index (χ1n) is 6.95. The third-order valence-corrected chi connectivity index (χ3v) is 6.01. The predicted molar refractivity (Wildman–Crippen MR) is 96.6 cm³/mol. The van der Waals surface area contributed by atoms with E-state index in [1.165, 1.54) is 22.2 Å². The molecule has 1 aromatic carbocycles. The van der Waals surface area contributed by atoms with Crippen LogP contribution in [-0.4, -0.2) is 22.4 Å². The van der Waals surface area contributed by atoms with Gasteiger partial charge in [-0.05, 0) is 24.1 Å². The summed E-state index contributed by atoms with van der Waals surface area (Å²) in [5.41, 5.74) is 2.35. The molecule has 0 radical (unpaired) electrons. The summed E-state index contributed by atoms with van der Waals surface area (Å²) in [5, 5.41) is 1.93. The summed E-state index contributed by atoms with van der Waals surface area (Å²) in [5.74, 6) is 0.420. The van der Waals surface area contributed by atoms with Crippen LogP contribution < -0.4 is 0 Å². The number of thiophene rings is 1. The maximum atomic E-state index is 12.6. The summed E-state index contributed by atoms with van der Waals surface area (Å²) >= 11 is 6.63. The molecular weight excluding hydrogens is 383 g/mol. The van der Waals surface area contributed by atoms with Crippen LogP contribution in [0.25, 0.3) is 21.3 Å². The van der Waals surface area contributed by atoms with Gasteiger partial charge < -0.3 is 0 Å². The topological polar surface area (TPSA) is 25.8 Å². The van der Waals surface area contributed by atoms with Gasteiger partial charge in [0.1, 0.15) is 16.2 Å². The molecule has 0 aliphatic carbocycles. The highest BCUT2D eigenvalue weighted by Gasteiger charge is 2.18. The minimum atomic E-state index is -0.353. The highest BCUT2D eigenvalue weighted by molar-refractivity contribution is 9.10. The van der Waals surface area contributed by atoms with E-state index in [-0.39, 0.29) is 6.67 Å². The second-order valence-corrected chi connectivity index (χ2v) is 7.74. The number of halogens is 2. The Kier molecular flexibility index (Phi) is 5.10. The molecule has 0 saturated heterocycles. The van der Waals surface area contributed by atoms with Crippen LogP contribution in [-0.2, 0) is 6.42 Å². The van der Waals surface area contributed by atoms with Gasteiger partial charge in [0.05, 0.1) is 12.1 Å². The van der Waals surface area contributed by atoms with Crippen molar-refractivity contribution in [2.24, 2.45) is 0 Å². The van der Waals surface area contributed by atoms with Gasteiger partial charge in [-0.15, -0.1) is 23.1 Å². The van der Waals surface area contributed by atoms with Gasteiger partial charge in [-0.25, -0.2) is 9.97 Å². The first-order valence-corrected chi connectivity index (χ1v) is 9.55. The monoisotopic (exact) mass is 396 g/mol. The van der Waals surface area contributed by atoms with Crippen molar-refractivity contribution in [3.8, 4) is 11.1 Å². The number of nitrogens with zero attached hydrogens (tertiary/aromatic N) is 2. The van der Waals surface area contributed by atoms with Crippen LogP contribution in [0.15, 0.2) is 40.1 Å². The van der Waals surface area contributed by atoms with Crippen molar-refractivity contribution in [2.45, 2.75) is 18.4 Å². The highest BCUT2D eigenvalue weighted by Crippen LogP contribution is 2.42. The quantitative estimate of drug-likeness (QED) is 0.405. The summed E-state index contributed by atoms with van der Waals surface area (Å²) in [7, 11) is 0. The number of hydrogen-bond acceptors (Lipinski definition) is 4. The number of hydrogen-bond donors (Lipinski definition) is 0. The zero-order chi connectivity index (χ0) is 15.5. The van der Waals surface area contributed by atoms with Crippen molar-refractivity contribution >= 4 is 49.2 Å². The Labute approximate surface area is 145 Å². The van der Waals surface area contributed by atoms with Crippen LogP contribution in [0.1, 0.15) is 11.8 Å². The molecule has 114 valence electrons. The van der Waals surface area contributed by atoms with Gasteiger partial charge in [0.15, 0.2) is 0 Å². The molecular formula is C16H14BrFN2S2. The molecule has 6 heteroatoms. The van der Waals surface area contributed by atoms with Crippen molar-refractivity contribution < 1.29 is 4.39 Å². The van der Waals surface area contributed by atoms with E-state index in [0.717, 1.165) is 31.7 Å². The molecule has 0 N–H and O–H groups in total. The van der Waals surface area contributed by atoms with E-state index in [0.29, 0.717) is 5.75 Å². The van der Waals surface area contributed by atoms with Crippen LogP contribution in [0, 0.1) is 0 Å². The molecule has 0 saturated carbocycles. The normalized spacial score (nSPS) is 11.2. The lowest BCUT2D eigenvalue weighted by atomic mass is 10.0. The molecule has 0 amide bonds. The van der Waals surface area contributed by atoms with Crippen LogP contribution in [0.4, 0.5) is 4.39 Å². The van der Waals surface area contributed by atoms with Crippen molar-refractivity contribution in [3.63, 3.8) is 0 Å². The van der Waals surface area contributed by atoms with Gasteiger partial charge in [0.2, 0.25) is 0 Å². The van der Waals surface area contributed by atoms with Crippen molar-refractivity contribution in [1.82, 2.24) is 9.97 Å². The smallest absolute Gasteiger partial charge is 0.128 e. The fourth-order valence-corrected chi connectivity index (χ4v) is 4.53.